The van der Waals surface area contributed by atoms with Crippen LogP contribution in [0.1, 0.15) is 80.2 Å². The summed E-state index contributed by atoms with van der Waals surface area (Å²) < 4.78 is 71.2. The molecule has 2 heterocycles. The molecule has 0 saturated carbocycles. The predicted molar refractivity (Wildman–Crippen MR) is 181 cm³/mol. The van der Waals surface area contributed by atoms with Crippen LogP contribution in [-0.2, 0) is 22.0 Å². The van der Waals surface area contributed by atoms with Crippen LogP contribution in [0.3, 0.4) is 0 Å². The monoisotopic (exact) mass is 696 g/mol. The lowest BCUT2D eigenvalue weighted by Crippen LogP contribution is -2.40. The number of carbonyl (C=O) groups excluding carboxylic acids is 2. The molecule has 1 fully saturated rings. The molecule has 4 rings (SSSR count). The van der Waals surface area contributed by atoms with E-state index >= 15 is 0 Å². The zero-order valence-corrected chi connectivity index (χ0v) is 28.9. The third kappa shape index (κ3) is 9.17. The van der Waals surface area contributed by atoms with Crippen molar-refractivity contribution in [1.82, 2.24) is 19.2 Å². The van der Waals surface area contributed by atoms with Gasteiger partial charge >= 0.3 is 18.0 Å². The molecule has 1 amide bonds. The van der Waals surface area contributed by atoms with E-state index in [4.69, 9.17) is 16.6 Å². The molecular weight excluding hydrogens is 655 g/mol. The molecule has 0 bridgehead atoms. The molecule has 2 atom stereocenters. The van der Waals surface area contributed by atoms with Crippen molar-refractivity contribution in [2.45, 2.75) is 71.5 Å². The minimum absolute atomic E-state index is 0.0198. The summed E-state index contributed by atoms with van der Waals surface area (Å²) in [6, 6.07) is 9.49. The molecule has 47 heavy (non-hydrogen) atoms. The third-order valence-corrected chi connectivity index (χ3v) is 11.4. The highest BCUT2D eigenvalue weighted by atomic mass is 33.1. The first-order valence-corrected chi connectivity index (χ1v) is 18.3. The average Bonchev–Trinajstić information content (AvgIpc) is 3.37. The summed E-state index contributed by atoms with van der Waals surface area (Å²) in [5.41, 5.74) is 1.60. The van der Waals surface area contributed by atoms with Crippen LogP contribution in [0.25, 0.3) is 11.0 Å². The van der Waals surface area contributed by atoms with Crippen LogP contribution in [0, 0.1) is 5.92 Å². The van der Waals surface area contributed by atoms with Gasteiger partial charge in [0.2, 0.25) is 0 Å². The number of nitrogens with one attached hydrogen (secondary N) is 1. The lowest BCUT2D eigenvalue weighted by atomic mass is 9.95. The molecule has 2 aromatic carbocycles. The van der Waals surface area contributed by atoms with E-state index in [1.54, 1.807) is 18.2 Å². The zero-order valence-electron chi connectivity index (χ0n) is 27.2. The van der Waals surface area contributed by atoms with Crippen LogP contribution in [0.15, 0.2) is 36.4 Å². The SMILES string of the molecule is [B]S(S)(CC(=O)OC)N1CCC(CNC(=O)c2ccc3c(c2)nc(C(C)(F)F)n3Cc2cccc(C(C)CC)c2OC(C)(F)F)CC1. The van der Waals surface area contributed by atoms with E-state index in [1.165, 1.54) is 29.9 Å². The normalized spacial score (nSPS) is 17.6. The minimum Gasteiger partial charge on any atom is -0.468 e. The van der Waals surface area contributed by atoms with Crippen molar-refractivity contribution < 1.29 is 36.6 Å². The summed E-state index contributed by atoms with van der Waals surface area (Å²) in [6.45, 7) is 6.59. The Hall–Kier alpha value is -2.91. The van der Waals surface area contributed by atoms with Crippen LogP contribution in [-0.4, -0.2) is 71.5 Å². The van der Waals surface area contributed by atoms with E-state index in [2.05, 4.69) is 22.0 Å². The molecule has 3 aromatic rings. The standard InChI is InChI=1S/C32H41BF4N4O4S2/c1-6-20(2)24-9-7-8-23(28(24)45-32(4,36)37)18-41-26-11-10-22(16-25(26)39-30(41)31(3,34)35)29(43)38-17-21-12-14-40(15-13-21)47(33,46)19-27(42)44-5/h7-11,16,20-21,46H,6,12-15,17-19H2,1-5H3,(H,38,43). The number of ether oxygens (including phenoxy) is 2. The van der Waals surface area contributed by atoms with E-state index < -0.39 is 32.9 Å². The number of halogens is 4. The van der Waals surface area contributed by atoms with Gasteiger partial charge in [0.15, 0.2) is 12.9 Å². The van der Waals surface area contributed by atoms with Crippen LogP contribution in [0.2, 0.25) is 0 Å². The number of esters is 1. The molecular formula is C32H41BF4N4O4S2. The number of thiol groups is 1. The summed E-state index contributed by atoms with van der Waals surface area (Å²) in [6.07, 6.45) is -1.35. The number of carbonyl (C=O) groups is 2. The second kappa shape index (κ2) is 14.7. The Bertz CT molecular complexity index is 1590. The number of aromatic nitrogens is 2. The number of alkyl halides is 4. The van der Waals surface area contributed by atoms with Crippen LogP contribution >= 0.6 is 20.8 Å². The fraction of sp³-hybridized carbons (Fsp3) is 0.531. The van der Waals surface area contributed by atoms with Gasteiger partial charge in [-0.25, -0.2) is 4.98 Å². The summed E-state index contributed by atoms with van der Waals surface area (Å²) in [4.78, 5) is 29.0. The Labute approximate surface area is 280 Å². The number of amides is 1. The number of rotatable bonds is 13. The molecule has 256 valence electrons. The maximum absolute atomic E-state index is 14.9. The number of fused-ring (bicyclic) bond motifs is 1. The molecule has 1 aliphatic heterocycles. The quantitative estimate of drug-likeness (QED) is 0.0661. The largest absolute Gasteiger partial charge is 0.468 e. The number of piperidine rings is 1. The van der Waals surface area contributed by atoms with Crippen molar-refractivity contribution in [3.8, 4) is 5.75 Å². The summed E-state index contributed by atoms with van der Waals surface area (Å²) in [5, 5.41) is 2.93. The maximum Gasteiger partial charge on any atom is 0.394 e. The van der Waals surface area contributed by atoms with E-state index in [0.717, 1.165) is 19.8 Å². The van der Waals surface area contributed by atoms with Gasteiger partial charge in [-0.2, -0.15) is 26.7 Å². The molecule has 8 nitrogen and oxygen atoms in total. The number of benzene rings is 2. The highest BCUT2D eigenvalue weighted by Gasteiger charge is 2.34. The highest BCUT2D eigenvalue weighted by molar-refractivity contribution is 8.95. The Morgan fingerprint density at radius 2 is 1.85 bits per heavy atom. The predicted octanol–water partition coefficient (Wildman–Crippen LogP) is 6.96. The second-order valence-corrected chi connectivity index (χ2v) is 16.3. The molecule has 0 spiro atoms. The van der Waals surface area contributed by atoms with Crippen LogP contribution in [0.5, 0.6) is 5.75 Å². The molecule has 1 saturated heterocycles. The number of imidazole rings is 1. The maximum atomic E-state index is 14.9. The fourth-order valence-corrected chi connectivity index (χ4v) is 7.97. The van der Waals surface area contributed by atoms with Gasteiger partial charge in [-0.1, -0.05) is 32.0 Å². The lowest BCUT2D eigenvalue weighted by molar-refractivity contribution is -0.159. The number of nitrogens with zero attached hydrogens (tertiary/aromatic N) is 3. The lowest BCUT2D eigenvalue weighted by Gasteiger charge is -2.45. The van der Waals surface area contributed by atoms with Crippen molar-refractivity contribution in [1.29, 1.82) is 0 Å². The number of para-hydroxylation sites is 1. The van der Waals surface area contributed by atoms with E-state index in [-0.39, 0.29) is 46.9 Å². The molecule has 1 aromatic heterocycles. The fourth-order valence-electron chi connectivity index (χ4n) is 5.67. The van der Waals surface area contributed by atoms with Crippen LogP contribution < -0.4 is 10.1 Å². The first-order chi connectivity index (χ1) is 21.9. The summed E-state index contributed by atoms with van der Waals surface area (Å²) in [5.74, 6) is -4.69. The average molecular weight is 697 g/mol. The first-order valence-electron chi connectivity index (χ1n) is 15.4. The number of methoxy groups -OCH3 is 1. The Balaban J connectivity index is 1.53. The van der Waals surface area contributed by atoms with Crippen molar-refractivity contribution in [2.24, 2.45) is 5.92 Å². The zero-order chi connectivity index (χ0) is 34.7. The van der Waals surface area contributed by atoms with Crippen molar-refractivity contribution in [2.75, 3.05) is 32.5 Å². The summed E-state index contributed by atoms with van der Waals surface area (Å²) in [7, 11) is 5.51. The topological polar surface area (TPSA) is 85.7 Å². The van der Waals surface area contributed by atoms with Gasteiger partial charge < -0.3 is 19.4 Å². The van der Waals surface area contributed by atoms with E-state index in [9.17, 15) is 27.2 Å². The molecule has 1 N–H and O–H groups in total. The van der Waals surface area contributed by atoms with Crippen molar-refractivity contribution in [3.63, 3.8) is 0 Å². The Morgan fingerprint density at radius 3 is 2.45 bits per heavy atom. The van der Waals surface area contributed by atoms with Gasteiger partial charge in [0.25, 0.3) is 5.91 Å². The van der Waals surface area contributed by atoms with Crippen molar-refractivity contribution >= 4 is 50.8 Å². The molecule has 1 aliphatic rings. The first kappa shape index (κ1) is 36.9. The van der Waals surface area contributed by atoms with Gasteiger partial charge in [0, 0.05) is 44.6 Å². The Morgan fingerprint density at radius 1 is 1.17 bits per heavy atom. The molecule has 2 radical (unpaired) electrons. The van der Waals surface area contributed by atoms with Crippen molar-refractivity contribution in [3.05, 3.63) is 58.9 Å². The minimum atomic E-state index is -3.49. The van der Waals surface area contributed by atoms with Gasteiger partial charge in [-0.05, 0) is 54.9 Å². The molecule has 15 heteroatoms. The summed E-state index contributed by atoms with van der Waals surface area (Å²) >= 11 is 4.53. The highest BCUT2D eigenvalue weighted by Crippen LogP contribution is 2.52. The van der Waals surface area contributed by atoms with Gasteiger partial charge in [-0.3, -0.25) is 13.9 Å². The molecule has 2 unspecified atom stereocenters. The smallest absolute Gasteiger partial charge is 0.394 e. The second-order valence-electron chi connectivity index (χ2n) is 12.2. The molecule has 0 aliphatic carbocycles. The van der Waals surface area contributed by atoms with Gasteiger partial charge in [-0.15, -0.1) is 11.7 Å². The van der Waals surface area contributed by atoms with E-state index in [0.29, 0.717) is 49.6 Å². The third-order valence-electron chi connectivity index (χ3n) is 8.41. The number of hydrogen-bond acceptors (Lipinski definition) is 7. The van der Waals surface area contributed by atoms with E-state index in [1.807, 2.05) is 18.2 Å². The Kier molecular flexibility index (Phi) is 11.5. The number of hydrogen-bond donors (Lipinski definition) is 2. The van der Waals surface area contributed by atoms with Gasteiger partial charge in [0.1, 0.15) is 5.75 Å². The van der Waals surface area contributed by atoms with Crippen LogP contribution in [0.4, 0.5) is 17.6 Å². The van der Waals surface area contributed by atoms with Gasteiger partial charge in [0.05, 0.1) is 30.4 Å².